The molecule has 1 rings (SSSR count). The van der Waals surface area contributed by atoms with E-state index in [0.717, 1.165) is 12.8 Å². The second-order valence-electron chi connectivity index (χ2n) is 7.73. The van der Waals surface area contributed by atoms with Crippen LogP contribution in [0.15, 0.2) is 12.2 Å². The molecule has 5 heteroatoms. The number of hydrogen-bond donors (Lipinski definition) is 3. The predicted molar refractivity (Wildman–Crippen MR) is 109 cm³/mol. The van der Waals surface area contributed by atoms with E-state index in [1.165, 1.54) is 64.2 Å². The molecule has 0 aromatic heterocycles. The summed E-state index contributed by atoms with van der Waals surface area (Å²) in [4.78, 5) is 0. The maximum absolute atomic E-state index is 9.93. The molecule has 1 heterocycles. The Morgan fingerprint density at radius 2 is 1.52 bits per heavy atom. The average molecular weight is 387 g/mol. The quantitative estimate of drug-likeness (QED) is 0.262. The Hall–Kier alpha value is -0.460. The van der Waals surface area contributed by atoms with E-state index in [1.807, 2.05) is 0 Å². The molecule has 0 aromatic rings. The molecule has 0 amide bonds. The molecule has 5 nitrogen and oxygen atoms in total. The Morgan fingerprint density at radius 1 is 0.926 bits per heavy atom. The van der Waals surface area contributed by atoms with E-state index in [0.29, 0.717) is 6.61 Å². The first kappa shape index (κ1) is 24.6. The van der Waals surface area contributed by atoms with Crippen molar-refractivity contribution < 1.29 is 24.8 Å². The van der Waals surface area contributed by atoms with Crippen LogP contribution in [0, 0.1) is 0 Å². The fraction of sp³-hybridized carbons (Fsp3) is 0.909. The number of aliphatic hydroxyl groups excluding tert-OH is 3. The normalized spacial score (nSPS) is 24.1. The maximum Gasteiger partial charge on any atom is 0.114 e. The molecule has 0 saturated carbocycles. The highest BCUT2D eigenvalue weighted by Gasteiger charge is 2.39. The van der Waals surface area contributed by atoms with Gasteiger partial charge in [-0.2, -0.15) is 0 Å². The third-order valence-corrected chi connectivity index (χ3v) is 5.16. The summed E-state index contributed by atoms with van der Waals surface area (Å²) >= 11 is 0. The van der Waals surface area contributed by atoms with Crippen LogP contribution in [0.25, 0.3) is 0 Å². The van der Waals surface area contributed by atoms with Crippen LogP contribution in [0.4, 0.5) is 0 Å². The molecule has 4 atom stereocenters. The van der Waals surface area contributed by atoms with Crippen LogP contribution in [0.5, 0.6) is 0 Å². The summed E-state index contributed by atoms with van der Waals surface area (Å²) in [5.41, 5.74) is 0. The maximum atomic E-state index is 9.93. The molecule has 1 saturated heterocycles. The van der Waals surface area contributed by atoms with E-state index in [2.05, 4.69) is 19.1 Å². The Kier molecular flexibility index (Phi) is 15.0. The molecule has 3 N–H and O–H groups in total. The Morgan fingerprint density at radius 3 is 2.11 bits per heavy atom. The highest BCUT2D eigenvalue weighted by molar-refractivity contribution is 4.87. The summed E-state index contributed by atoms with van der Waals surface area (Å²) in [6.45, 7) is 3.06. The fourth-order valence-corrected chi connectivity index (χ4v) is 3.35. The van der Waals surface area contributed by atoms with Gasteiger partial charge in [-0.1, -0.05) is 70.4 Å². The lowest BCUT2D eigenvalue weighted by Crippen LogP contribution is -2.40. The van der Waals surface area contributed by atoms with Crippen molar-refractivity contribution in [3.8, 4) is 0 Å². The van der Waals surface area contributed by atoms with Crippen molar-refractivity contribution >= 4 is 0 Å². The number of allylic oxidation sites excluding steroid dienone is 2. The van der Waals surface area contributed by atoms with Crippen LogP contribution in [0.1, 0.15) is 84.0 Å². The standard InChI is InChI=1S/C22H42O5/c1-2-3-4-5-6-7-8-9-10-11-12-13-14-15-16-26-17-20(24)22-21(25)19(23)18-27-22/h5-6,19-25H,2-4,7-18H2,1H3/b6-5+/t19-,20+,21-,22-/m0/s1. The summed E-state index contributed by atoms with van der Waals surface area (Å²) < 4.78 is 10.7. The van der Waals surface area contributed by atoms with Crippen molar-refractivity contribution in [3.63, 3.8) is 0 Å². The number of rotatable bonds is 17. The molecule has 1 aliphatic rings. The smallest absolute Gasteiger partial charge is 0.114 e. The van der Waals surface area contributed by atoms with Crippen molar-refractivity contribution in [2.45, 2.75) is 108 Å². The van der Waals surface area contributed by atoms with Gasteiger partial charge in [-0.15, -0.1) is 0 Å². The van der Waals surface area contributed by atoms with Crippen LogP contribution >= 0.6 is 0 Å². The number of hydrogen-bond acceptors (Lipinski definition) is 5. The van der Waals surface area contributed by atoms with Crippen molar-refractivity contribution in [3.05, 3.63) is 12.2 Å². The lowest BCUT2D eigenvalue weighted by molar-refractivity contribution is -0.0813. The summed E-state index contributed by atoms with van der Waals surface area (Å²) in [6, 6.07) is 0. The van der Waals surface area contributed by atoms with Gasteiger partial charge >= 0.3 is 0 Å². The molecule has 0 bridgehead atoms. The second-order valence-corrected chi connectivity index (χ2v) is 7.73. The SMILES string of the molecule is CCCC/C=C/CCCCCCCCCCOC[C@@H](O)[C@@H]1OC[C@H](O)[C@@H]1O. The lowest BCUT2D eigenvalue weighted by Gasteiger charge is -2.20. The van der Waals surface area contributed by atoms with Crippen molar-refractivity contribution in [2.24, 2.45) is 0 Å². The zero-order valence-corrected chi connectivity index (χ0v) is 17.2. The molecule has 0 aromatic carbocycles. The van der Waals surface area contributed by atoms with E-state index in [-0.39, 0.29) is 13.2 Å². The summed E-state index contributed by atoms with van der Waals surface area (Å²) in [5.74, 6) is 0. The average Bonchev–Trinajstić information content (AvgIpc) is 3.00. The van der Waals surface area contributed by atoms with Gasteiger partial charge in [0.2, 0.25) is 0 Å². The Labute approximate surface area is 165 Å². The number of ether oxygens (including phenoxy) is 2. The highest BCUT2D eigenvalue weighted by Crippen LogP contribution is 2.18. The second kappa shape index (κ2) is 16.5. The highest BCUT2D eigenvalue weighted by atomic mass is 16.5. The topological polar surface area (TPSA) is 79.2 Å². The van der Waals surface area contributed by atoms with Gasteiger partial charge < -0.3 is 24.8 Å². The zero-order valence-electron chi connectivity index (χ0n) is 17.2. The van der Waals surface area contributed by atoms with Crippen molar-refractivity contribution in [2.75, 3.05) is 19.8 Å². The van der Waals surface area contributed by atoms with E-state index in [4.69, 9.17) is 9.47 Å². The molecule has 0 spiro atoms. The Balaban J connectivity index is 1.80. The van der Waals surface area contributed by atoms with Crippen LogP contribution in [0.2, 0.25) is 0 Å². The van der Waals surface area contributed by atoms with Crippen molar-refractivity contribution in [1.82, 2.24) is 0 Å². The molecule has 160 valence electrons. The summed E-state index contributed by atoms with van der Waals surface area (Å²) in [6.07, 6.45) is 16.1. The zero-order chi connectivity index (χ0) is 19.7. The van der Waals surface area contributed by atoms with Gasteiger partial charge in [0, 0.05) is 6.61 Å². The van der Waals surface area contributed by atoms with E-state index in [9.17, 15) is 15.3 Å². The third kappa shape index (κ3) is 11.9. The molecule has 0 aliphatic carbocycles. The van der Waals surface area contributed by atoms with Crippen LogP contribution in [-0.4, -0.2) is 59.6 Å². The molecule has 0 radical (unpaired) electrons. The van der Waals surface area contributed by atoms with Crippen LogP contribution < -0.4 is 0 Å². The molecular weight excluding hydrogens is 344 g/mol. The monoisotopic (exact) mass is 386 g/mol. The molecular formula is C22H42O5. The third-order valence-electron chi connectivity index (χ3n) is 5.16. The first-order valence-corrected chi connectivity index (χ1v) is 11.0. The minimum Gasteiger partial charge on any atom is -0.388 e. The van der Waals surface area contributed by atoms with E-state index in [1.54, 1.807) is 0 Å². The van der Waals surface area contributed by atoms with Gasteiger partial charge in [0.05, 0.1) is 13.2 Å². The van der Waals surface area contributed by atoms with Gasteiger partial charge in [0.25, 0.3) is 0 Å². The van der Waals surface area contributed by atoms with Gasteiger partial charge in [0.15, 0.2) is 0 Å². The first-order valence-electron chi connectivity index (χ1n) is 11.0. The summed E-state index contributed by atoms with van der Waals surface area (Å²) in [5, 5.41) is 29.0. The number of unbranched alkanes of at least 4 members (excludes halogenated alkanes) is 10. The Bertz CT molecular complexity index is 361. The van der Waals surface area contributed by atoms with Gasteiger partial charge in [-0.25, -0.2) is 0 Å². The lowest BCUT2D eigenvalue weighted by atomic mass is 10.1. The molecule has 27 heavy (non-hydrogen) atoms. The van der Waals surface area contributed by atoms with Crippen molar-refractivity contribution in [1.29, 1.82) is 0 Å². The first-order chi connectivity index (χ1) is 13.2. The molecule has 1 aliphatic heterocycles. The number of aliphatic hydroxyl groups is 3. The van der Waals surface area contributed by atoms with Crippen LogP contribution in [0.3, 0.4) is 0 Å². The van der Waals surface area contributed by atoms with Gasteiger partial charge in [-0.05, 0) is 25.7 Å². The van der Waals surface area contributed by atoms with E-state index >= 15 is 0 Å². The fourth-order valence-electron chi connectivity index (χ4n) is 3.35. The summed E-state index contributed by atoms with van der Waals surface area (Å²) in [7, 11) is 0. The van der Waals surface area contributed by atoms with Gasteiger partial charge in [0.1, 0.15) is 24.4 Å². The van der Waals surface area contributed by atoms with Gasteiger partial charge in [-0.3, -0.25) is 0 Å². The predicted octanol–water partition coefficient (Wildman–Crippen LogP) is 3.74. The molecule has 0 unspecified atom stereocenters. The van der Waals surface area contributed by atoms with E-state index < -0.39 is 24.4 Å². The minimum atomic E-state index is -1.03. The van der Waals surface area contributed by atoms with Crippen LogP contribution in [-0.2, 0) is 9.47 Å². The molecule has 1 fully saturated rings. The minimum absolute atomic E-state index is 0.0680. The largest absolute Gasteiger partial charge is 0.388 e.